The molecule has 4 heteroatoms. The lowest BCUT2D eigenvalue weighted by molar-refractivity contribution is 0.414. The summed E-state index contributed by atoms with van der Waals surface area (Å²) in [6.07, 6.45) is 4.12. The Balaban J connectivity index is 1.55. The number of hydrogen-bond donors (Lipinski definition) is 0. The molecular weight excluding hydrogens is 296 g/mol. The molecule has 1 aromatic carbocycles. The van der Waals surface area contributed by atoms with E-state index in [0.29, 0.717) is 5.92 Å². The fourth-order valence-electron chi connectivity index (χ4n) is 3.60. The number of benzene rings is 1. The molecule has 0 spiro atoms. The lowest BCUT2D eigenvalue weighted by Crippen LogP contribution is -2.42. The second-order valence-corrected chi connectivity index (χ2v) is 7.05. The molecule has 122 valence electrons. The summed E-state index contributed by atoms with van der Waals surface area (Å²) in [6, 6.07) is 14.9. The summed E-state index contributed by atoms with van der Waals surface area (Å²) >= 11 is 0. The molecule has 1 aromatic heterocycles. The van der Waals surface area contributed by atoms with Gasteiger partial charge in [0.15, 0.2) is 0 Å². The van der Waals surface area contributed by atoms with Gasteiger partial charge in [-0.15, -0.1) is 0 Å². The van der Waals surface area contributed by atoms with Crippen LogP contribution in [0.5, 0.6) is 0 Å². The van der Waals surface area contributed by atoms with Crippen LogP contribution in [0.1, 0.15) is 48.7 Å². The Labute approximate surface area is 143 Å². The van der Waals surface area contributed by atoms with Gasteiger partial charge in [-0.25, -0.2) is 9.97 Å². The number of rotatable bonds is 3. The molecule has 1 saturated heterocycles. The zero-order valence-corrected chi connectivity index (χ0v) is 14.1. The Morgan fingerprint density at radius 3 is 2.46 bits per heavy atom. The van der Waals surface area contributed by atoms with E-state index in [2.05, 4.69) is 34.2 Å². The number of piperidine rings is 1. The third kappa shape index (κ3) is 2.75. The molecule has 0 bridgehead atoms. The van der Waals surface area contributed by atoms with Crippen molar-refractivity contribution in [1.82, 2.24) is 9.97 Å². The molecule has 2 fully saturated rings. The summed E-state index contributed by atoms with van der Waals surface area (Å²) in [7, 11) is 0. The van der Waals surface area contributed by atoms with Crippen molar-refractivity contribution in [3.05, 3.63) is 53.5 Å². The number of aryl methyl sites for hydroxylation is 1. The van der Waals surface area contributed by atoms with E-state index < -0.39 is 0 Å². The van der Waals surface area contributed by atoms with Gasteiger partial charge in [-0.1, -0.05) is 30.3 Å². The van der Waals surface area contributed by atoms with Crippen LogP contribution in [0.2, 0.25) is 0 Å². The molecule has 2 aromatic rings. The Morgan fingerprint density at radius 1 is 1.12 bits per heavy atom. The molecule has 0 radical (unpaired) electrons. The van der Waals surface area contributed by atoms with E-state index in [1.807, 2.05) is 25.1 Å². The first-order valence-electron chi connectivity index (χ1n) is 8.77. The van der Waals surface area contributed by atoms with Crippen LogP contribution < -0.4 is 4.90 Å². The molecule has 24 heavy (non-hydrogen) atoms. The molecule has 0 unspecified atom stereocenters. The normalized spacial score (nSPS) is 19.8. The van der Waals surface area contributed by atoms with Crippen molar-refractivity contribution >= 4 is 5.82 Å². The Hall–Kier alpha value is -2.41. The molecule has 1 aliphatic carbocycles. The zero-order valence-electron chi connectivity index (χ0n) is 14.1. The quantitative estimate of drug-likeness (QED) is 0.865. The highest BCUT2D eigenvalue weighted by atomic mass is 15.2. The second kappa shape index (κ2) is 5.90. The van der Waals surface area contributed by atoms with Crippen molar-refractivity contribution in [3.63, 3.8) is 0 Å². The van der Waals surface area contributed by atoms with Gasteiger partial charge < -0.3 is 4.90 Å². The van der Waals surface area contributed by atoms with Gasteiger partial charge in [0, 0.05) is 30.8 Å². The first-order chi connectivity index (χ1) is 11.7. The van der Waals surface area contributed by atoms with Crippen LogP contribution >= 0.6 is 0 Å². The van der Waals surface area contributed by atoms with Crippen LogP contribution in [-0.4, -0.2) is 23.1 Å². The van der Waals surface area contributed by atoms with Crippen molar-refractivity contribution in [2.75, 3.05) is 18.0 Å². The Morgan fingerprint density at radius 2 is 1.83 bits per heavy atom. The average Bonchev–Trinajstić information content (AvgIpc) is 3.47. The van der Waals surface area contributed by atoms with Gasteiger partial charge in [0.1, 0.15) is 11.6 Å². The van der Waals surface area contributed by atoms with Gasteiger partial charge in [-0.2, -0.15) is 5.26 Å². The number of hydrogen-bond acceptors (Lipinski definition) is 4. The summed E-state index contributed by atoms with van der Waals surface area (Å²) in [5.41, 5.74) is 1.82. The van der Waals surface area contributed by atoms with Crippen molar-refractivity contribution in [2.24, 2.45) is 0 Å². The highest BCUT2D eigenvalue weighted by Gasteiger charge is 2.37. The van der Waals surface area contributed by atoms with Gasteiger partial charge in [0.25, 0.3) is 0 Å². The number of aromatic nitrogens is 2. The van der Waals surface area contributed by atoms with Crippen LogP contribution in [0.15, 0.2) is 36.4 Å². The molecule has 2 aliphatic rings. The van der Waals surface area contributed by atoms with Crippen molar-refractivity contribution in [2.45, 2.75) is 43.9 Å². The van der Waals surface area contributed by atoms with Crippen molar-refractivity contribution in [1.29, 1.82) is 5.26 Å². The van der Waals surface area contributed by atoms with Gasteiger partial charge >= 0.3 is 0 Å². The molecule has 2 heterocycles. The molecule has 0 atom stereocenters. The van der Waals surface area contributed by atoms with E-state index in [9.17, 15) is 5.26 Å². The maximum absolute atomic E-state index is 9.83. The van der Waals surface area contributed by atoms with E-state index in [1.54, 1.807) is 0 Å². The van der Waals surface area contributed by atoms with Crippen LogP contribution in [0.4, 0.5) is 5.82 Å². The minimum Gasteiger partial charge on any atom is -0.356 e. The maximum Gasteiger partial charge on any atom is 0.134 e. The van der Waals surface area contributed by atoms with Crippen LogP contribution in [0, 0.1) is 18.3 Å². The minimum atomic E-state index is -0.362. The summed E-state index contributed by atoms with van der Waals surface area (Å²) in [5.74, 6) is 2.60. The number of nitriles is 1. The lowest BCUT2D eigenvalue weighted by atomic mass is 9.74. The van der Waals surface area contributed by atoms with Gasteiger partial charge in [0.05, 0.1) is 11.5 Å². The fraction of sp³-hybridized carbons (Fsp3) is 0.450. The van der Waals surface area contributed by atoms with Gasteiger partial charge in [-0.3, -0.25) is 0 Å². The molecule has 1 aliphatic heterocycles. The van der Waals surface area contributed by atoms with E-state index in [-0.39, 0.29) is 5.41 Å². The number of nitrogens with zero attached hydrogens (tertiary/aromatic N) is 4. The van der Waals surface area contributed by atoms with Crippen molar-refractivity contribution in [3.8, 4) is 6.07 Å². The van der Waals surface area contributed by atoms with E-state index in [1.165, 1.54) is 12.8 Å². The minimum absolute atomic E-state index is 0.362. The topological polar surface area (TPSA) is 52.8 Å². The second-order valence-electron chi connectivity index (χ2n) is 7.05. The lowest BCUT2D eigenvalue weighted by Gasteiger charge is -2.38. The number of anilines is 1. The predicted molar refractivity (Wildman–Crippen MR) is 93.9 cm³/mol. The maximum atomic E-state index is 9.83. The van der Waals surface area contributed by atoms with Crippen LogP contribution in [0.25, 0.3) is 0 Å². The molecule has 4 nitrogen and oxygen atoms in total. The van der Waals surface area contributed by atoms with E-state index in [0.717, 1.165) is 48.8 Å². The fourth-order valence-corrected chi connectivity index (χ4v) is 3.60. The van der Waals surface area contributed by atoms with Crippen LogP contribution in [-0.2, 0) is 5.41 Å². The molecular formula is C20H22N4. The Bertz CT molecular complexity index is 766. The van der Waals surface area contributed by atoms with Gasteiger partial charge in [-0.05, 0) is 38.2 Å². The highest BCUT2D eigenvalue weighted by molar-refractivity contribution is 5.43. The molecule has 4 rings (SSSR count). The summed E-state index contributed by atoms with van der Waals surface area (Å²) in [4.78, 5) is 11.7. The average molecular weight is 318 g/mol. The summed E-state index contributed by atoms with van der Waals surface area (Å²) in [5, 5.41) is 9.83. The Kier molecular flexibility index (Phi) is 3.72. The molecule has 0 amide bonds. The monoisotopic (exact) mass is 318 g/mol. The van der Waals surface area contributed by atoms with Crippen molar-refractivity contribution < 1.29 is 0 Å². The van der Waals surface area contributed by atoms with E-state index >= 15 is 0 Å². The SMILES string of the molecule is Cc1cc(N2CCC(C#N)(c3ccccc3)CC2)nc(C2CC2)n1. The molecule has 1 saturated carbocycles. The zero-order chi connectivity index (χ0) is 16.6. The summed E-state index contributed by atoms with van der Waals surface area (Å²) < 4.78 is 0. The third-order valence-electron chi connectivity index (χ3n) is 5.28. The highest BCUT2D eigenvalue weighted by Crippen LogP contribution is 2.40. The van der Waals surface area contributed by atoms with Crippen LogP contribution in [0.3, 0.4) is 0 Å². The first-order valence-corrected chi connectivity index (χ1v) is 8.77. The summed E-state index contributed by atoms with van der Waals surface area (Å²) in [6.45, 7) is 3.77. The third-order valence-corrected chi connectivity index (χ3v) is 5.28. The first kappa shape index (κ1) is 15.1. The predicted octanol–water partition coefficient (Wildman–Crippen LogP) is 3.72. The smallest absolute Gasteiger partial charge is 0.134 e. The van der Waals surface area contributed by atoms with E-state index in [4.69, 9.17) is 4.98 Å². The largest absolute Gasteiger partial charge is 0.356 e. The molecule has 0 N–H and O–H groups in total. The van der Waals surface area contributed by atoms with Gasteiger partial charge in [0.2, 0.25) is 0 Å². The standard InChI is InChI=1S/C20H22N4/c1-15-13-18(23-19(22-15)16-7-8-16)24-11-9-20(14-21,10-12-24)17-5-3-2-4-6-17/h2-6,13,16H,7-12H2,1H3.